The zero-order chi connectivity index (χ0) is 12.3. The minimum atomic E-state index is -0.0219. The monoisotopic (exact) mass is 248 g/mol. The minimum absolute atomic E-state index is 0.0219. The van der Waals surface area contributed by atoms with Crippen LogP contribution >= 0.6 is 12.2 Å². The van der Waals surface area contributed by atoms with Gasteiger partial charge in [-0.3, -0.25) is 4.79 Å². The molecule has 1 aliphatic rings. The molecule has 1 aromatic rings. The van der Waals surface area contributed by atoms with Crippen molar-refractivity contribution < 1.29 is 4.79 Å². The Morgan fingerprint density at radius 2 is 1.88 bits per heavy atom. The minimum Gasteiger partial charge on any atom is -0.389 e. The van der Waals surface area contributed by atoms with Crippen molar-refractivity contribution in [2.75, 3.05) is 6.54 Å². The molecule has 0 aromatic heterocycles. The van der Waals surface area contributed by atoms with Crippen molar-refractivity contribution in [1.82, 2.24) is 5.32 Å². The van der Waals surface area contributed by atoms with Gasteiger partial charge in [-0.05, 0) is 30.9 Å². The molecule has 1 saturated carbocycles. The van der Waals surface area contributed by atoms with Crippen LogP contribution in [0.25, 0.3) is 0 Å². The van der Waals surface area contributed by atoms with Crippen LogP contribution in [0.1, 0.15) is 35.2 Å². The molecule has 1 amide bonds. The van der Waals surface area contributed by atoms with E-state index in [1.54, 1.807) is 24.3 Å². The smallest absolute Gasteiger partial charge is 0.251 e. The summed E-state index contributed by atoms with van der Waals surface area (Å²) in [6.07, 6.45) is 3.77. The van der Waals surface area contributed by atoms with E-state index in [4.69, 9.17) is 18.0 Å². The third-order valence-electron chi connectivity index (χ3n) is 3.21. The molecule has 90 valence electrons. The van der Waals surface area contributed by atoms with Gasteiger partial charge < -0.3 is 11.1 Å². The highest BCUT2D eigenvalue weighted by atomic mass is 32.1. The Hall–Kier alpha value is -1.42. The van der Waals surface area contributed by atoms with Gasteiger partial charge in [0.2, 0.25) is 0 Å². The van der Waals surface area contributed by atoms with Crippen molar-refractivity contribution in [3.8, 4) is 0 Å². The van der Waals surface area contributed by atoms with Gasteiger partial charge in [-0.25, -0.2) is 0 Å². The maximum absolute atomic E-state index is 11.8. The number of nitrogens with two attached hydrogens (primary N) is 1. The van der Waals surface area contributed by atoms with Crippen LogP contribution in [0.15, 0.2) is 24.3 Å². The largest absolute Gasteiger partial charge is 0.389 e. The third-order valence-corrected chi connectivity index (χ3v) is 3.44. The van der Waals surface area contributed by atoms with Gasteiger partial charge in [-0.1, -0.05) is 30.8 Å². The number of carbonyl (C=O) groups excluding carboxylic acids is 1. The van der Waals surface area contributed by atoms with Crippen LogP contribution in [0.4, 0.5) is 0 Å². The lowest BCUT2D eigenvalue weighted by atomic mass is 9.85. The first-order valence-electron chi connectivity index (χ1n) is 5.85. The van der Waals surface area contributed by atoms with E-state index in [9.17, 15) is 4.79 Å². The Morgan fingerprint density at radius 3 is 2.35 bits per heavy atom. The highest BCUT2D eigenvalue weighted by Crippen LogP contribution is 2.25. The number of nitrogens with one attached hydrogen (secondary N) is 1. The van der Waals surface area contributed by atoms with Gasteiger partial charge in [0.15, 0.2) is 0 Å². The average Bonchev–Trinajstić information content (AvgIpc) is 2.27. The first-order valence-corrected chi connectivity index (χ1v) is 6.25. The molecule has 4 heteroatoms. The number of hydrogen-bond donors (Lipinski definition) is 2. The summed E-state index contributed by atoms with van der Waals surface area (Å²) >= 11 is 4.86. The van der Waals surface area contributed by atoms with E-state index in [-0.39, 0.29) is 5.91 Å². The summed E-state index contributed by atoms with van der Waals surface area (Å²) in [6.45, 7) is 0.788. The molecule has 1 fully saturated rings. The fourth-order valence-electron chi connectivity index (χ4n) is 1.82. The number of amides is 1. The van der Waals surface area contributed by atoms with E-state index in [0.717, 1.165) is 12.1 Å². The first-order chi connectivity index (χ1) is 8.16. The average molecular weight is 248 g/mol. The lowest BCUT2D eigenvalue weighted by Gasteiger charge is -2.25. The van der Waals surface area contributed by atoms with Crippen LogP contribution < -0.4 is 11.1 Å². The van der Waals surface area contributed by atoms with Gasteiger partial charge in [-0.15, -0.1) is 0 Å². The van der Waals surface area contributed by atoms with Gasteiger partial charge in [0.05, 0.1) is 0 Å². The van der Waals surface area contributed by atoms with Crippen LogP contribution in [0.3, 0.4) is 0 Å². The molecule has 3 N–H and O–H groups in total. The summed E-state index contributed by atoms with van der Waals surface area (Å²) in [5, 5.41) is 2.95. The lowest BCUT2D eigenvalue weighted by molar-refractivity contribution is 0.0939. The number of rotatable bonds is 4. The van der Waals surface area contributed by atoms with Gasteiger partial charge in [0.1, 0.15) is 4.99 Å². The maximum Gasteiger partial charge on any atom is 0.251 e. The van der Waals surface area contributed by atoms with E-state index in [2.05, 4.69) is 5.32 Å². The molecule has 0 saturated heterocycles. The fraction of sp³-hybridized carbons (Fsp3) is 0.385. The summed E-state index contributed by atoms with van der Waals surface area (Å²) in [6, 6.07) is 7.07. The Morgan fingerprint density at radius 1 is 1.29 bits per heavy atom. The molecular weight excluding hydrogens is 232 g/mol. The molecule has 2 rings (SSSR count). The summed E-state index contributed by atoms with van der Waals surface area (Å²) in [5.41, 5.74) is 6.94. The van der Waals surface area contributed by atoms with E-state index >= 15 is 0 Å². The second kappa shape index (κ2) is 5.27. The zero-order valence-corrected chi connectivity index (χ0v) is 10.4. The predicted octanol–water partition coefficient (Wildman–Crippen LogP) is 1.85. The Labute approximate surface area is 106 Å². The molecule has 0 bridgehead atoms. The molecule has 3 nitrogen and oxygen atoms in total. The van der Waals surface area contributed by atoms with Crippen molar-refractivity contribution in [3.63, 3.8) is 0 Å². The molecule has 0 radical (unpaired) electrons. The molecule has 0 unspecified atom stereocenters. The van der Waals surface area contributed by atoms with E-state index in [1.807, 2.05) is 0 Å². The van der Waals surface area contributed by atoms with E-state index < -0.39 is 0 Å². The normalized spacial score (nSPS) is 15.1. The number of carbonyl (C=O) groups is 1. The van der Waals surface area contributed by atoms with Crippen molar-refractivity contribution in [2.45, 2.75) is 19.3 Å². The summed E-state index contributed by atoms with van der Waals surface area (Å²) in [5.74, 6) is 0.654. The molecule has 1 aromatic carbocycles. The molecule has 17 heavy (non-hydrogen) atoms. The molecule has 1 aliphatic carbocycles. The topological polar surface area (TPSA) is 55.1 Å². The van der Waals surface area contributed by atoms with Crippen molar-refractivity contribution in [3.05, 3.63) is 35.4 Å². The Balaban J connectivity index is 1.91. The number of thiocarbonyl (C=S) groups is 1. The van der Waals surface area contributed by atoms with Crippen molar-refractivity contribution >= 4 is 23.1 Å². The highest BCUT2D eigenvalue weighted by Gasteiger charge is 2.18. The number of hydrogen-bond acceptors (Lipinski definition) is 2. The van der Waals surface area contributed by atoms with Crippen LogP contribution in [0, 0.1) is 5.92 Å². The quantitative estimate of drug-likeness (QED) is 0.800. The van der Waals surface area contributed by atoms with Crippen LogP contribution in [-0.4, -0.2) is 17.4 Å². The summed E-state index contributed by atoms with van der Waals surface area (Å²) in [7, 11) is 0. The molecular formula is C13H16N2OS. The lowest BCUT2D eigenvalue weighted by Crippen LogP contribution is -2.32. The molecule has 0 aliphatic heterocycles. The third kappa shape index (κ3) is 3.03. The summed E-state index contributed by atoms with van der Waals surface area (Å²) < 4.78 is 0. The number of benzene rings is 1. The van der Waals surface area contributed by atoms with E-state index in [0.29, 0.717) is 16.5 Å². The molecule has 0 atom stereocenters. The predicted molar refractivity (Wildman–Crippen MR) is 72.0 cm³/mol. The van der Waals surface area contributed by atoms with Crippen molar-refractivity contribution in [2.24, 2.45) is 11.7 Å². The van der Waals surface area contributed by atoms with Crippen molar-refractivity contribution in [1.29, 1.82) is 0 Å². The van der Waals surface area contributed by atoms with Crippen LogP contribution in [0.2, 0.25) is 0 Å². The first kappa shape index (κ1) is 12.0. The highest BCUT2D eigenvalue weighted by molar-refractivity contribution is 7.80. The fourth-order valence-corrected chi connectivity index (χ4v) is 1.96. The Bertz CT molecular complexity index is 424. The van der Waals surface area contributed by atoms with Gasteiger partial charge in [0.25, 0.3) is 5.91 Å². The maximum atomic E-state index is 11.8. The second-order valence-corrected chi connectivity index (χ2v) is 4.89. The second-order valence-electron chi connectivity index (χ2n) is 4.45. The van der Waals surface area contributed by atoms with Gasteiger partial charge >= 0.3 is 0 Å². The van der Waals surface area contributed by atoms with Crippen LogP contribution in [0.5, 0.6) is 0 Å². The summed E-state index contributed by atoms with van der Waals surface area (Å²) in [4.78, 5) is 12.1. The molecule has 0 heterocycles. The Kier molecular flexibility index (Phi) is 3.74. The standard InChI is InChI=1S/C13H16N2OS/c14-12(17)10-4-6-11(7-5-10)13(16)15-8-9-2-1-3-9/h4-7,9H,1-3,8H2,(H2,14,17)(H,15,16). The van der Waals surface area contributed by atoms with Gasteiger partial charge in [-0.2, -0.15) is 0 Å². The van der Waals surface area contributed by atoms with Gasteiger partial charge in [0, 0.05) is 17.7 Å². The zero-order valence-electron chi connectivity index (χ0n) is 9.61. The molecule has 0 spiro atoms. The van der Waals surface area contributed by atoms with E-state index in [1.165, 1.54) is 19.3 Å². The SMILES string of the molecule is NC(=S)c1ccc(C(=O)NCC2CCC2)cc1. The van der Waals surface area contributed by atoms with Crippen LogP contribution in [-0.2, 0) is 0 Å².